The summed E-state index contributed by atoms with van der Waals surface area (Å²) in [6.45, 7) is 1.46. The summed E-state index contributed by atoms with van der Waals surface area (Å²) in [5.74, 6) is 0.712. The van der Waals surface area contributed by atoms with Gasteiger partial charge >= 0.3 is 0 Å². The molecule has 1 rings (SSSR count). The van der Waals surface area contributed by atoms with E-state index in [2.05, 4.69) is 4.98 Å². The Morgan fingerprint density at radius 1 is 1.58 bits per heavy atom. The SMILES string of the molecule is COc1ncc(C(O)C(O)CCSC(C)=O)cc1Cl. The fourth-order valence-corrected chi connectivity index (χ4v) is 2.35. The van der Waals surface area contributed by atoms with Crippen LogP contribution in [0.3, 0.4) is 0 Å². The number of hydrogen-bond acceptors (Lipinski definition) is 6. The van der Waals surface area contributed by atoms with Gasteiger partial charge in [-0.1, -0.05) is 23.4 Å². The van der Waals surface area contributed by atoms with Crippen LogP contribution in [0, 0.1) is 0 Å². The van der Waals surface area contributed by atoms with E-state index in [0.717, 1.165) is 11.8 Å². The summed E-state index contributed by atoms with van der Waals surface area (Å²) in [5, 5.41) is 20.0. The van der Waals surface area contributed by atoms with Crippen molar-refractivity contribution in [2.75, 3.05) is 12.9 Å². The van der Waals surface area contributed by atoms with Crippen LogP contribution in [-0.2, 0) is 4.79 Å². The van der Waals surface area contributed by atoms with Crippen LogP contribution in [0.25, 0.3) is 0 Å². The van der Waals surface area contributed by atoms with E-state index < -0.39 is 12.2 Å². The highest BCUT2D eigenvalue weighted by atomic mass is 35.5. The number of aromatic nitrogens is 1. The number of carbonyl (C=O) groups is 1. The molecule has 0 saturated carbocycles. The van der Waals surface area contributed by atoms with E-state index in [1.807, 2.05) is 0 Å². The maximum absolute atomic E-state index is 10.8. The monoisotopic (exact) mass is 305 g/mol. The molecule has 0 amide bonds. The molecule has 19 heavy (non-hydrogen) atoms. The minimum Gasteiger partial charge on any atom is -0.480 e. The van der Waals surface area contributed by atoms with Crippen molar-refractivity contribution in [2.45, 2.75) is 25.6 Å². The number of nitrogens with zero attached hydrogens (tertiary/aromatic N) is 1. The van der Waals surface area contributed by atoms with Gasteiger partial charge in [0, 0.05) is 24.4 Å². The van der Waals surface area contributed by atoms with Gasteiger partial charge in [0.25, 0.3) is 0 Å². The first-order chi connectivity index (χ1) is 8.95. The van der Waals surface area contributed by atoms with E-state index in [0.29, 0.717) is 17.7 Å². The summed E-state index contributed by atoms with van der Waals surface area (Å²) in [4.78, 5) is 14.7. The highest BCUT2D eigenvalue weighted by Crippen LogP contribution is 2.27. The molecular weight excluding hydrogens is 290 g/mol. The van der Waals surface area contributed by atoms with Crippen molar-refractivity contribution < 1.29 is 19.7 Å². The molecule has 106 valence electrons. The Kier molecular flexibility index (Phi) is 6.57. The lowest BCUT2D eigenvalue weighted by Crippen LogP contribution is -2.19. The Morgan fingerprint density at radius 2 is 2.26 bits per heavy atom. The molecule has 0 aliphatic rings. The molecule has 7 heteroatoms. The van der Waals surface area contributed by atoms with E-state index >= 15 is 0 Å². The van der Waals surface area contributed by atoms with Gasteiger partial charge in [-0.25, -0.2) is 4.98 Å². The first-order valence-electron chi connectivity index (χ1n) is 5.64. The molecule has 0 aromatic carbocycles. The van der Waals surface area contributed by atoms with Gasteiger partial charge in [0.2, 0.25) is 5.88 Å². The number of halogens is 1. The molecule has 5 nitrogen and oxygen atoms in total. The van der Waals surface area contributed by atoms with E-state index in [4.69, 9.17) is 16.3 Å². The zero-order valence-corrected chi connectivity index (χ0v) is 12.2. The largest absolute Gasteiger partial charge is 0.480 e. The summed E-state index contributed by atoms with van der Waals surface area (Å²) >= 11 is 7.00. The zero-order valence-electron chi connectivity index (χ0n) is 10.7. The molecule has 0 saturated heterocycles. The predicted octanol–water partition coefficient (Wildman–Crippen LogP) is 1.81. The second-order valence-electron chi connectivity index (χ2n) is 3.90. The predicted molar refractivity (Wildman–Crippen MR) is 74.5 cm³/mol. The van der Waals surface area contributed by atoms with E-state index in [1.54, 1.807) is 0 Å². The number of thioether (sulfide) groups is 1. The van der Waals surface area contributed by atoms with Gasteiger partial charge in [-0.3, -0.25) is 4.79 Å². The number of aliphatic hydroxyl groups excluding tert-OH is 2. The number of pyridine rings is 1. The van der Waals surface area contributed by atoms with Crippen molar-refractivity contribution in [3.63, 3.8) is 0 Å². The average Bonchev–Trinajstić information content (AvgIpc) is 2.37. The quantitative estimate of drug-likeness (QED) is 0.834. The summed E-state index contributed by atoms with van der Waals surface area (Å²) in [6, 6.07) is 1.50. The van der Waals surface area contributed by atoms with Crippen LogP contribution in [0.5, 0.6) is 5.88 Å². The maximum atomic E-state index is 10.8. The summed E-state index contributed by atoms with van der Waals surface area (Å²) in [5.41, 5.74) is 0.408. The van der Waals surface area contributed by atoms with Gasteiger partial charge in [0.05, 0.1) is 13.2 Å². The van der Waals surface area contributed by atoms with Crippen molar-refractivity contribution in [3.05, 3.63) is 22.8 Å². The lowest BCUT2D eigenvalue weighted by molar-refractivity contribution is -0.109. The maximum Gasteiger partial charge on any atom is 0.232 e. The van der Waals surface area contributed by atoms with Crippen molar-refractivity contribution >= 4 is 28.5 Å². The molecule has 2 N–H and O–H groups in total. The lowest BCUT2D eigenvalue weighted by Gasteiger charge is -2.18. The second-order valence-corrected chi connectivity index (χ2v) is 5.58. The Morgan fingerprint density at radius 3 is 2.79 bits per heavy atom. The van der Waals surface area contributed by atoms with Gasteiger partial charge in [-0.05, 0) is 12.5 Å². The van der Waals surface area contributed by atoms with E-state index in [9.17, 15) is 15.0 Å². The number of ether oxygens (including phenoxy) is 1. The second kappa shape index (κ2) is 7.69. The summed E-state index contributed by atoms with van der Waals surface area (Å²) in [7, 11) is 1.44. The lowest BCUT2D eigenvalue weighted by atomic mass is 10.0. The number of rotatable bonds is 6. The Balaban J connectivity index is 2.63. The van der Waals surface area contributed by atoms with Crippen LogP contribution in [0.1, 0.15) is 25.0 Å². The topological polar surface area (TPSA) is 79.7 Å². The number of aliphatic hydroxyl groups is 2. The molecular formula is C12H16ClNO4S. The van der Waals surface area contributed by atoms with Gasteiger partial charge in [-0.2, -0.15) is 0 Å². The summed E-state index contributed by atoms with van der Waals surface area (Å²) in [6.07, 6.45) is -0.368. The first kappa shape index (κ1) is 16.2. The third-order valence-electron chi connectivity index (χ3n) is 2.45. The Hall–Kier alpha value is -0.820. The summed E-state index contributed by atoms with van der Waals surface area (Å²) < 4.78 is 4.90. The Bertz CT molecular complexity index is 444. The molecule has 0 spiro atoms. The molecule has 0 bridgehead atoms. The van der Waals surface area contributed by atoms with Gasteiger partial charge in [0.15, 0.2) is 5.12 Å². The highest BCUT2D eigenvalue weighted by molar-refractivity contribution is 8.13. The molecule has 1 aromatic rings. The molecule has 2 atom stereocenters. The van der Waals surface area contributed by atoms with Crippen LogP contribution in [0.4, 0.5) is 0 Å². The van der Waals surface area contributed by atoms with Crippen LogP contribution in [0.2, 0.25) is 5.02 Å². The third-order valence-corrected chi connectivity index (χ3v) is 3.56. The number of hydrogen-bond donors (Lipinski definition) is 2. The van der Waals surface area contributed by atoms with Crippen molar-refractivity contribution in [1.82, 2.24) is 4.98 Å². The van der Waals surface area contributed by atoms with Crippen LogP contribution < -0.4 is 4.74 Å². The molecule has 0 aliphatic carbocycles. The fraction of sp³-hybridized carbons (Fsp3) is 0.500. The number of carbonyl (C=O) groups excluding carboxylic acids is 1. The molecule has 1 aromatic heterocycles. The third kappa shape index (κ3) is 4.99. The Labute approximate surface area is 120 Å². The highest BCUT2D eigenvalue weighted by Gasteiger charge is 2.20. The molecule has 0 radical (unpaired) electrons. The smallest absolute Gasteiger partial charge is 0.232 e. The first-order valence-corrected chi connectivity index (χ1v) is 7.01. The molecule has 0 aliphatic heterocycles. The normalized spacial score (nSPS) is 13.9. The minimum atomic E-state index is -1.09. The number of methoxy groups -OCH3 is 1. The fourth-order valence-electron chi connectivity index (χ4n) is 1.46. The van der Waals surface area contributed by atoms with E-state index in [1.165, 1.54) is 26.3 Å². The van der Waals surface area contributed by atoms with Gasteiger partial charge < -0.3 is 14.9 Å². The van der Waals surface area contributed by atoms with Crippen molar-refractivity contribution in [2.24, 2.45) is 0 Å². The van der Waals surface area contributed by atoms with E-state index in [-0.39, 0.29) is 16.0 Å². The molecule has 1 heterocycles. The van der Waals surface area contributed by atoms with Crippen molar-refractivity contribution in [1.29, 1.82) is 0 Å². The zero-order chi connectivity index (χ0) is 14.4. The average molecular weight is 306 g/mol. The van der Waals surface area contributed by atoms with Crippen LogP contribution in [-0.4, -0.2) is 39.3 Å². The minimum absolute atomic E-state index is 0.0177. The molecule has 2 unspecified atom stereocenters. The molecule has 0 fully saturated rings. The van der Waals surface area contributed by atoms with Crippen molar-refractivity contribution in [3.8, 4) is 5.88 Å². The van der Waals surface area contributed by atoms with Crippen LogP contribution >= 0.6 is 23.4 Å². The van der Waals surface area contributed by atoms with Crippen LogP contribution in [0.15, 0.2) is 12.3 Å². The van der Waals surface area contributed by atoms with Gasteiger partial charge in [-0.15, -0.1) is 0 Å². The van der Waals surface area contributed by atoms with Gasteiger partial charge in [0.1, 0.15) is 11.1 Å². The standard InChI is InChI=1S/C12H16ClNO4S/c1-7(15)19-4-3-10(16)11(17)8-5-9(13)12(18-2)14-6-8/h5-6,10-11,16-17H,3-4H2,1-2H3.